The normalized spacial score (nSPS) is 12.3. The van der Waals surface area contributed by atoms with Crippen LogP contribution < -0.4 is 0 Å². The number of hydrogen-bond donors (Lipinski definition) is 0. The third-order valence-electron chi connectivity index (χ3n) is 3.34. The first-order chi connectivity index (χ1) is 8.35. The average Bonchev–Trinajstić information content (AvgIpc) is 2.34. The van der Waals surface area contributed by atoms with Gasteiger partial charge in [-0.2, -0.15) is 0 Å². The highest BCUT2D eigenvalue weighted by atomic mass is 32.1. The molecule has 0 amide bonds. The maximum absolute atomic E-state index is 4.97. The summed E-state index contributed by atoms with van der Waals surface area (Å²) in [7, 11) is 0. The van der Waals surface area contributed by atoms with E-state index in [1.807, 2.05) is 10.7 Å². The van der Waals surface area contributed by atoms with Crippen LogP contribution >= 0.6 is 24.4 Å². The molecule has 0 aliphatic rings. The monoisotopic (exact) mass is 272 g/mol. The molecule has 0 aromatic heterocycles. The molecule has 1 atom stereocenters. The van der Waals surface area contributed by atoms with E-state index in [1.165, 1.54) is 57.8 Å². The molecule has 0 aromatic carbocycles. The topological polar surface area (TPSA) is 0 Å². The highest BCUT2D eigenvalue weighted by Gasteiger charge is 2.05. The third-order valence-corrected chi connectivity index (χ3v) is 3.77. The van der Waals surface area contributed by atoms with E-state index < -0.39 is 0 Å². The fourth-order valence-corrected chi connectivity index (χ4v) is 2.62. The van der Waals surface area contributed by atoms with E-state index >= 15 is 0 Å². The Hall–Kier alpha value is 0.180. The second-order valence-corrected chi connectivity index (χ2v) is 5.59. The van der Waals surface area contributed by atoms with Crippen LogP contribution in [0.4, 0.5) is 0 Å². The van der Waals surface area contributed by atoms with E-state index in [0.29, 0.717) is 0 Å². The zero-order valence-corrected chi connectivity index (χ0v) is 13.0. The summed E-state index contributed by atoms with van der Waals surface area (Å²) in [5, 5.41) is 3.76. The van der Waals surface area contributed by atoms with Crippen molar-refractivity contribution < 1.29 is 0 Å². The molecule has 0 spiro atoms. The summed E-state index contributed by atoms with van der Waals surface area (Å²) in [6.45, 7) is 2.27. The van der Waals surface area contributed by atoms with Crippen LogP contribution in [0.1, 0.15) is 77.6 Å². The molecule has 0 N–H and O–H groups in total. The molecule has 17 heavy (non-hydrogen) atoms. The van der Waals surface area contributed by atoms with Gasteiger partial charge in [-0.05, 0) is 35.9 Å². The van der Waals surface area contributed by atoms with E-state index in [4.69, 9.17) is 24.4 Å². The van der Waals surface area contributed by atoms with E-state index in [2.05, 4.69) is 6.92 Å². The van der Waals surface area contributed by atoms with Gasteiger partial charge in [0.15, 0.2) is 0 Å². The Morgan fingerprint density at radius 1 is 0.824 bits per heavy atom. The van der Waals surface area contributed by atoms with Crippen molar-refractivity contribution in [3.63, 3.8) is 0 Å². The Morgan fingerprint density at radius 2 is 1.47 bits per heavy atom. The third kappa shape index (κ3) is 12.4. The molecule has 100 valence electrons. The average molecular weight is 273 g/mol. The quantitative estimate of drug-likeness (QED) is 0.302. The van der Waals surface area contributed by atoms with Crippen LogP contribution in [0.3, 0.4) is 0 Å². The first-order valence-electron chi connectivity index (χ1n) is 7.22. The molecule has 0 radical (unpaired) electrons. The van der Waals surface area contributed by atoms with Crippen molar-refractivity contribution >= 4 is 35.2 Å². The molecule has 0 saturated heterocycles. The lowest BCUT2D eigenvalue weighted by molar-refractivity contribution is 0.446. The minimum Gasteiger partial charge on any atom is -0.0935 e. The van der Waals surface area contributed by atoms with Crippen molar-refractivity contribution in [3.8, 4) is 0 Å². The fraction of sp³-hybridized carbons (Fsp3) is 0.867. The van der Waals surface area contributed by atoms with Gasteiger partial charge in [0.05, 0.1) is 0 Å². The van der Waals surface area contributed by atoms with Crippen LogP contribution in [0.5, 0.6) is 0 Å². The Bertz CT molecular complexity index is 178. The predicted molar refractivity (Wildman–Crippen MR) is 87.3 cm³/mol. The maximum atomic E-state index is 4.97. The Labute approximate surface area is 119 Å². The Morgan fingerprint density at radius 3 is 2.06 bits per heavy atom. The van der Waals surface area contributed by atoms with Gasteiger partial charge in [-0.15, -0.1) is 0 Å². The summed E-state index contributed by atoms with van der Waals surface area (Å²) in [5.74, 6) is 0.780. The number of hydrogen-bond acceptors (Lipinski definition) is 2. The van der Waals surface area contributed by atoms with Crippen molar-refractivity contribution in [3.05, 3.63) is 0 Å². The standard InChI is InChI=1S/C15H28S2/c1-2-3-4-5-6-7-8-10-15(12-14-17)11-9-13-16/h13-15H,2-12H2,1H3. The molecule has 0 aliphatic heterocycles. The molecule has 0 bridgehead atoms. The van der Waals surface area contributed by atoms with Gasteiger partial charge in [0, 0.05) is 0 Å². The number of thiocarbonyl (C=S) groups is 2. The van der Waals surface area contributed by atoms with Gasteiger partial charge in [0.25, 0.3) is 0 Å². The van der Waals surface area contributed by atoms with Crippen LogP contribution in [0.25, 0.3) is 0 Å². The van der Waals surface area contributed by atoms with Gasteiger partial charge >= 0.3 is 0 Å². The zero-order chi connectivity index (χ0) is 12.8. The minimum atomic E-state index is 0.780. The van der Waals surface area contributed by atoms with Crippen LogP contribution in [0.2, 0.25) is 0 Å². The number of rotatable bonds is 13. The maximum Gasteiger partial charge on any atom is -0.0208 e. The van der Waals surface area contributed by atoms with Crippen LogP contribution in [0, 0.1) is 5.92 Å². The van der Waals surface area contributed by atoms with Crippen LogP contribution in [0.15, 0.2) is 0 Å². The molecule has 0 aromatic rings. The SMILES string of the molecule is CCCCCCCCCC(CC=S)CCC=S. The lowest BCUT2D eigenvalue weighted by Crippen LogP contribution is -2.01. The highest BCUT2D eigenvalue weighted by molar-refractivity contribution is 7.79. The summed E-state index contributed by atoms with van der Waals surface area (Å²) < 4.78 is 0. The predicted octanol–water partition coefficient (Wildman–Crippen LogP) is 5.91. The van der Waals surface area contributed by atoms with E-state index in [1.54, 1.807) is 0 Å². The van der Waals surface area contributed by atoms with Crippen molar-refractivity contribution in [2.45, 2.75) is 77.6 Å². The van der Waals surface area contributed by atoms with Gasteiger partial charge in [-0.3, -0.25) is 0 Å². The highest BCUT2D eigenvalue weighted by Crippen LogP contribution is 2.19. The van der Waals surface area contributed by atoms with Crippen molar-refractivity contribution in [1.29, 1.82) is 0 Å². The lowest BCUT2D eigenvalue weighted by atomic mass is 9.94. The minimum absolute atomic E-state index is 0.780. The van der Waals surface area contributed by atoms with Crippen LogP contribution in [-0.4, -0.2) is 10.7 Å². The summed E-state index contributed by atoms with van der Waals surface area (Å²) in [5.41, 5.74) is 0. The molecule has 0 fully saturated rings. The van der Waals surface area contributed by atoms with Crippen LogP contribution in [-0.2, 0) is 0 Å². The molecule has 2 heteroatoms. The summed E-state index contributed by atoms with van der Waals surface area (Å²) in [6.07, 6.45) is 14.5. The molecule has 0 rings (SSSR count). The molecular formula is C15H28S2. The second-order valence-electron chi connectivity index (χ2n) is 4.92. The van der Waals surface area contributed by atoms with Gasteiger partial charge < -0.3 is 0 Å². The van der Waals surface area contributed by atoms with Gasteiger partial charge in [0.2, 0.25) is 0 Å². The second kappa shape index (κ2) is 14.2. The first kappa shape index (κ1) is 17.2. The fourth-order valence-electron chi connectivity index (χ4n) is 2.21. The molecule has 0 heterocycles. The Balaban J connectivity index is 3.39. The van der Waals surface area contributed by atoms with E-state index in [9.17, 15) is 0 Å². The van der Waals surface area contributed by atoms with E-state index in [-0.39, 0.29) is 0 Å². The molecule has 0 nitrogen and oxygen atoms in total. The molecular weight excluding hydrogens is 244 g/mol. The molecule has 0 aliphatic carbocycles. The first-order valence-corrected chi connectivity index (χ1v) is 8.16. The smallest absolute Gasteiger partial charge is 0.0208 e. The largest absolute Gasteiger partial charge is 0.0935 e. The van der Waals surface area contributed by atoms with Crippen molar-refractivity contribution in [2.24, 2.45) is 5.92 Å². The molecule has 0 saturated carbocycles. The zero-order valence-electron chi connectivity index (χ0n) is 11.3. The van der Waals surface area contributed by atoms with E-state index in [0.717, 1.165) is 18.8 Å². The van der Waals surface area contributed by atoms with Crippen molar-refractivity contribution in [2.75, 3.05) is 0 Å². The summed E-state index contributed by atoms with van der Waals surface area (Å²) >= 11 is 9.85. The number of unbranched alkanes of at least 4 members (excludes halogenated alkanes) is 6. The Kier molecular flexibility index (Phi) is 14.4. The van der Waals surface area contributed by atoms with Gasteiger partial charge in [-0.25, -0.2) is 0 Å². The van der Waals surface area contributed by atoms with Crippen molar-refractivity contribution in [1.82, 2.24) is 0 Å². The van der Waals surface area contributed by atoms with Gasteiger partial charge in [-0.1, -0.05) is 82.7 Å². The molecule has 1 unspecified atom stereocenters. The summed E-state index contributed by atoms with van der Waals surface area (Å²) in [6, 6.07) is 0. The van der Waals surface area contributed by atoms with Gasteiger partial charge in [0.1, 0.15) is 0 Å². The lowest BCUT2D eigenvalue weighted by Gasteiger charge is -2.13. The summed E-state index contributed by atoms with van der Waals surface area (Å²) in [4.78, 5) is 0.